The molecule has 0 aromatic heterocycles. The molecule has 2 rings (SSSR count). The molecular formula is C15H21F2N. The van der Waals surface area contributed by atoms with E-state index in [-0.39, 0.29) is 12.0 Å². The second kappa shape index (κ2) is 5.79. The molecule has 0 saturated carbocycles. The van der Waals surface area contributed by atoms with Gasteiger partial charge in [-0.3, -0.25) is 0 Å². The van der Waals surface area contributed by atoms with Gasteiger partial charge in [-0.25, -0.2) is 8.78 Å². The van der Waals surface area contributed by atoms with Crippen LogP contribution in [-0.4, -0.2) is 13.1 Å². The third-order valence-corrected chi connectivity index (χ3v) is 3.72. The minimum Gasteiger partial charge on any atom is -0.316 e. The van der Waals surface area contributed by atoms with Crippen LogP contribution >= 0.6 is 0 Å². The van der Waals surface area contributed by atoms with Crippen molar-refractivity contribution in [3.63, 3.8) is 0 Å². The van der Waals surface area contributed by atoms with Gasteiger partial charge in [0.05, 0.1) is 0 Å². The quantitative estimate of drug-likeness (QED) is 0.862. The van der Waals surface area contributed by atoms with Gasteiger partial charge in [-0.2, -0.15) is 0 Å². The average molecular weight is 253 g/mol. The highest BCUT2D eigenvalue weighted by Gasteiger charge is 2.29. The maximum Gasteiger partial charge on any atom is 0.273 e. The predicted molar refractivity (Wildman–Crippen MR) is 69.9 cm³/mol. The minimum absolute atomic E-state index is 0.137. The van der Waals surface area contributed by atoms with E-state index in [1.54, 1.807) is 12.1 Å². The van der Waals surface area contributed by atoms with E-state index in [9.17, 15) is 8.78 Å². The zero-order valence-corrected chi connectivity index (χ0v) is 10.9. The minimum atomic E-state index is -2.69. The lowest BCUT2D eigenvalue weighted by Crippen LogP contribution is -2.30. The number of halogens is 2. The molecule has 1 atom stereocenters. The first kappa shape index (κ1) is 13.5. The molecule has 1 aliphatic heterocycles. The van der Waals surface area contributed by atoms with Gasteiger partial charge >= 0.3 is 0 Å². The molecule has 0 spiro atoms. The summed E-state index contributed by atoms with van der Waals surface area (Å²) in [4.78, 5) is 0. The van der Waals surface area contributed by atoms with Crippen molar-refractivity contribution >= 4 is 0 Å². The number of benzene rings is 1. The van der Waals surface area contributed by atoms with E-state index in [2.05, 4.69) is 5.32 Å². The Bertz CT molecular complexity index is 384. The second-order valence-electron chi connectivity index (χ2n) is 5.17. The van der Waals surface area contributed by atoms with Crippen LogP contribution in [-0.2, 0) is 12.3 Å². The van der Waals surface area contributed by atoms with E-state index in [4.69, 9.17) is 0 Å². The molecule has 18 heavy (non-hydrogen) atoms. The number of hydrogen-bond donors (Lipinski definition) is 1. The van der Waals surface area contributed by atoms with Crippen molar-refractivity contribution in [2.24, 2.45) is 5.92 Å². The summed E-state index contributed by atoms with van der Waals surface area (Å²) >= 11 is 0. The summed E-state index contributed by atoms with van der Waals surface area (Å²) in [6.07, 6.45) is 3.15. The van der Waals surface area contributed by atoms with Crippen molar-refractivity contribution in [1.29, 1.82) is 0 Å². The van der Waals surface area contributed by atoms with Crippen LogP contribution < -0.4 is 5.32 Å². The lowest BCUT2D eigenvalue weighted by molar-refractivity contribution is -0.00837. The van der Waals surface area contributed by atoms with Crippen molar-refractivity contribution in [1.82, 2.24) is 5.32 Å². The standard InChI is InChI=1S/C15H21F2N/c1-2-15(16,17)14-7-3-5-12(10-14)9-13-6-4-8-18-11-13/h3,5,7,10,13,18H,2,4,6,8-9,11H2,1H3. The van der Waals surface area contributed by atoms with E-state index in [1.807, 2.05) is 6.07 Å². The van der Waals surface area contributed by atoms with Crippen molar-refractivity contribution < 1.29 is 8.78 Å². The van der Waals surface area contributed by atoms with Gasteiger partial charge in [0.15, 0.2) is 0 Å². The van der Waals surface area contributed by atoms with Crippen molar-refractivity contribution in [3.05, 3.63) is 35.4 Å². The largest absolute Gasteiger partial charge is 0.316 e. The third kappa shape index (κ3) is 3.29. The second-order valence-corrected chi connectivity index (χ2v) is 5.17. The predicted octanol–water partition coefficient (Wildman–Crippen LogP) is 3.73. The Kier molecular flexibility index (Phi) is 4.33. The smallest absolute Gasteiger partial charge is 0.273 e. The lowest BCUT2D eigenvalue weighted by Gasteiger charge is -2.23. The van der Waals surface area contributed by atoms with Crippen LogP contribution in [0.3, 0.4) is 0 Å². The Balaban J connectivity index is 2.07. The Morgan fingerprint density at radius 2 is 2.22 bits per heavy atom. The van der Waals surface area contributed by atoms with Crippen molar-refractivity contribution in [3.8, 4) is 0 Å². The highest BCUT2D eigenvalue weighted by Crippen LogP contribution is 2.32. The van der Waals surface area contributed by atoms with Crippen LogP contribution in [0.15, 0.2) is 24.3 Å². The molecular weight excluding hydrogens is 232 g/mol. The van der Waals surface area contributed by atoms with Gasteiger partial charge in [0.2, 0.25) is 0 Å². The summed E-state index contributed by atoms with van der Waals surface area (Å²) in [5, 5.41) is 3.36. The zero-order valence-electron chi connectivity index (χ0n) is 10.9. The molecule has 1 aromatic carbocycles. The molecule has 1 aromatic rings. The molecule has 1 nitrogen and oxygen atoms in total. The first-order valence-corrected chi connectivity index (χ1v) is 6.80. The number of alkyl halides is 2. The van der Waals surface area contributed by atoms with E-state index >= 15 is 0 Å². The molecule has 1 fully saturated rings. The molecule has 1 saturated heterocycles. The normalized spacial score (nSPS) is 20.9. The summed E-state index contributed by atoms with van der Waals surface area (Å²) < 4.78 is 27.3. The van der Waals surface area contributed by atoms with Gasteiger partial charge in [0, 0.05) is 12.0 Å². The van der Waals surface area contributed by atoms with Crippen LogP contribution in [0.5, 0.6) is 0 Å². The molecule has 0 bridgehead atoms. The van der Waals surface area contributed by atoms with E-state index < -0.39 is 5.92 Å². The highest BCUT2D eigenvalue weighted by molar-refractivity contribution is 5.27. The zero-order chi connectivity index (χ0) is 13.0. The van der Waals surface area contributed by atoms with Crippen LogP contribution in [0.25, 0.3) is 0 Å². The Morgan fingerprint density at radius 1 is 1.39 bits per heavy atom. The van der Waals surface area contributed by atoms with Gasteiger partial charge in [0.25, 0.3) is 5.92 Å². The molecule has 1 unspecified atom stereocenters. The fraction of sp³-hybridized carbons (Fsp3) is 0.600. The SMILES string of the molecule is CCC(F)(F)c1cccc(CC2CCCNC2)c1. The summed E-state index contributed by atoms with van der Waals surface area (Å²) in [5.41, 5.74) is 1.19. The molecule has 1 N–H and O–H groups in total. The van der Waals surface area contributed by atoms with Gasteiger partial charge in [-0.05, 0) is 49.9 Å². The number of hydrogen-bond acceptors (Lipinski definition) is 1. The number of nitrogens with one attached hydrogen (secondary N) is 1. The van der Waals surface area contributed by atoms with Gasteiger partial charge in [-0.1, -0.05) is 25.1 Å². The summed E-state index contributed by atoms with van der Waals surface area (Å²) in [6, 6.07) is 6.93. The van der Waals surface area contributed by atoms with Crippen molar-refractivity contribution in [2.45, 2.75) is 38.5 Å². The average Bonchev–Trinajstić information content (AvgIpc) is 2.40. The Morgan fingerprint density at radius 3 is 2.89 bits per heavy atom. The Labute approximate surface area is 108 Å². The molecule has 1 aliphatic rings. The molecule has 0 amide bonds. The van der Waals surface area contributed by atoms with Gasteiger partial charge in [-0.15, -0.1) is 0 Å². The topological polar surface area (TPSA) is 12.0 Å². The fourth-order valence-electron chi connectivity index (χ4n) is 2.56. The monoisotopic (exact) mass is 253 g/mol. The molecule has 1 heterocycles. The maximum absolute atomic E-state index is 13.6. The molecule has 0 radical (unpaired) electrons. The molecule has 3 heteroatoms. The van der Waals surface area contributed by atoms with Crippen LogP contribution in [0.4, 0.5) is 8.78 Å². The fourth-order valence-corrected chi connectivity index (χ4v) is 2.56. The van der Waals surface area contributed by atoms with Gasteiger partial charge < -0.3 is 5.32 Å². The first-order chi connectivity index (χ1) is 8.62. The number of rotatable bonds is 4. The highest BCUT2D eigenvalue weighted by atomic mass is 19.3. The number of piperidine rings is 1. The van der Waals surface area contributed by atoms with Crippen LogP contribution in [0.2, 0.25) is 0 Å². The van der Waals surface area contributed by atoms with E-state index in [0.717, 1.165) is 25.1 Å². The third-order valence-electron chi connectivity index (χ3n) is 3.72. The maximum atomic E-state index is 13.6. The summed E-state index contributed by atoms with van der Waals surface area (Å²) in [6.45, 7) is 3.62. The van der Waals surface area contributed by atoms with E-state index in [1.165, 1.54) is 25.8 Å². The van der Waals surface area contributed by atoms with Crippen LogP contribution in [0.1, 0.15) is 37.3 Å². The molecule has 100 valence electrons. The lowest BCUT2D eigenvalue weighted by atomic mass is 9.91. The summed E-state index contributed by atoms with van der Waals surface area (Å²) in [5.74, 6) is -2.11. The summed E-state index contributed by atoms with van der Waals surface area (Å²) in [7, 11) is 0. The first-order valence-electron chi connectivity index (χ1n) is 6.80. The Hall–Kier alpha value is -0.960. The van der Waals surface area contributed by atoms with Crippen molar-refractivity contribution in [2.75, 3.05) is 13.1 Å². The van der Waals surface area contributed by atoms with Gasteiger partial charge in [0.1, 0.15) is 0 Å². The van der Waals surface area contributed by atoms with E-state index in [0.29, 0.717) is 5.92 Å². The molecule has 0 aliphatic carbocycles. The van der Waals surface area contributed by atoms with Crippen LogP contribution in [0, 0.1) is 5.92 Å².